The summed E-state index contributed by atoms with van der Waals surface area (Å²) in [5, 5.41) is 11.2. The average molecular weight is 287 g/mol. The van der Waals surface area contributed by atoms with Gasteiger partial charge in [0.15, 0.2) is 0 Å². The first-order valence-electron chi connectivity index (χ1n) is 7.49. The Hall–Kier alpha value is -2.57. The Labute approximate surface area is 129 Å². The summed E-state index contributed by atoms with van der Waals surface area (Å²) in [5.41, 5.74) is 3.96. The zero-order valence-electron chi connectivity index (χ0n) is 12.5. The van der Waals surface area contributed by atoms with Gasteiger partial charge in [-0.2, -0.15) is 5.26 Å². The average Bonchev–Trinajstić information content (AvgIpc) is 3.01. The number of hydrogen-bond donors (Lipinski definition) is 1. The van der Waals surface area contributed by atoms with Gasteiger partial charge < -0.3 is 4.98 Å². The van der Waals surface area contributed by atoms with E-state index in [0.717, 1.165) is 35.1 Å². The number of nitrogens with one attached hydrogen (secondary N) is 1. The number of hydrogen-bond acceptors (Lipinski definition) is 2. The summed E-state index contributed by atoms with van der Waals surface area (Å²) in [7, 11) is 2.08. The van der Waals surface area contributed by atoms with Crippen molar-refractivity contribution < 1.29 is 0 Å². The standard InChI is InChI=1S/C19H17N3/c1-22-11-15-4-2-3-5-17(15)19(12-20,13-22)16-6-7-18-14(10-16)8-9-21-18/h2-10,21H,11,13H2,1H3. The molecule has 1 unspecified atom stereocenters. The second-order valence-electron chi connectivity index (χ2n) is 6.13. The third-order valence-electron chi connectivity index (χ3n) is 4.66. The molecule has 1 aliphatic rings. The fourth-order valence-corrected chi connectivity index (χ4v) is 3.64. The van der Waals surface area contributed by atoms with Crippen molar-refractivity contribution in [2.24, 2.45) is 0 Å². The lowest BCUT2D eigenvalue weighted by Crippen LogP contribution is -2.43. The van der Waals surface area contributed by atoms with Crippen molar-refractivity contribution in [1.29, 1.82) is 5.26 Å². The van der Waals surface area contributed by atoms with Crippen molar-refractivity contribution in [1.82, 2.24) is 9.88 Å². The molecular formula is C19H17N3. The minimum Gasteiger partial charge on any atom is -0.361 e. The molecule has 1 N–H and O–H groups in total. The van der Waals surface area contributed by atoms with Crippen LogP contribution in [-0.4, -0.2) is 23.5 Å². The Morgan fingerprint density at radius 3 is 2.91 bits per heavy atom. The Balaban J connectivity index is 1.98. The first-order valence-corrected chi connectivity index (χ1v) is 7.49. The van der Waals surface area contributed by atoms with E-state index in [4.69, 9.17) is 0 Å². The van der Waals surface area contributed by atoms with Gasteiger partial charge in [-0.3, -0.25) is 4.90 Å². The smallest absolute Gasteiger partial charge is 0.120 e. The van der Waals surface area contributed by atoms with Gasteiger partial charge in [-0.15, -0.1) is 0 Å². The van der Waals surface area contributed by atoms with E-state index < -0.39 is 5.41 Å². The van der Waals surface area contributed by atoms with Gasteiger partial charge in [0.05, 0.1) is 6.07 Å². The van der Waals surface area contributed by atoms with Crippen molar-refractivity contribution in [2.75, 3.05) is 13.6 Å². The summed E-state index contributed by atoms with van der Waals surface area (Å²) >= 11 is 0. The van der Waals surface area contributed by atoms with E-state index >= 15 is 0 Å². The van der Waals surface area contributed by atoms with Crippen molar-refractivity contribution >= 4 is 10.9 Å². The van der Waals surface area contributed by atoms with Gasteiger partial charge in [0.2, 0.25) is 0 Å². The van der Waals surface area contributed by atoms with E-state index in [0.29, 0.717) is 0 Å². The molecule has 3 nitrogen and oxygen atoms in total. The third kappa shape index (κ3) is 1.78. The zero-order chi connectivity index (χ0) is 15.2. The van der Waals surface area contributed by atoms with Crippen molar-refractivity contribution in [3.05, 3.63) is 71.4 Å². The Morgan fingerprint density at radius 1 is 1.18 bits per heavy atom. The normalized spacial score (nSPS) is 21.5. The summed E-state index contributed by atoms with van der Waals surface area (Å²) in [6.07, 6.45) is 1.94. The predicted octanol–water partition coefficient (Wildman–Crippen LogP) is 3.42. The van der Waals surface area contributed by atoms with Crippen LogP contribution in [0.4, 0.5) is 0 Å². The van der Waals surface area contributed by atoms with Crippen molar-refractivity contribution in [2.45, 2.75) is 12.0 Å². The lowest BCUT2D eigenvalue weighted by molar-refractivity contribution is 0.267. The summed E-state index contributed by atoms with van der Waals surface area (Å²) in [5.74, 6) is 0. The first-order chi connectivity index (χ1) is 10.7. The Kier molecular flexibility index (Phi) is 2.82. The van der Waals surface area contributed by atoms with Crippen molar-refractivity contribution in [3.8, 4) is 6.07 Å². The summed E-state index contributed by atoms with van der Waals surface area (Å²) in [6, 6.07) is 19.3. The van der Waals surface area contributed by atoms with Crippen LogP contribution in [0, 0.1) is 11.3 Å². The minimum absolute atomic E-state index is 0.602. The highest BCUT2D eigenvalue weighted by atomic mass is 15.1. The van der Waals surface area contributed by atoms with Crippen LogP contribution in [0.5, 0.6) is 0 Å². The molecule has 3 aromatic rings. The zero-order valence-corrected chi connectivity index (χ0v) is 12.5. The van der Waals surface area contributed by atoms with E-state index in [1.54, 1.807) is 0 Å². The minimum atomic E-state index is -0.602. The lowest BCUT2D eigenvalue weighted by atomic mass is 9.71. The molecule has 0 saturated heterocycles. The first kappa shape index (κ1) is 13.1. The highest BCUT2D eigenvalue weighted by molar-refractivity contribution is 5.81. The largest absolute Gasteiger partial charge is 0.361 e. The molecule has 2 heterocycles. The SMILES string of the molecule is CN1Cc2ccccc2C(C#N)(c2ccc3[nH]ccc3c2)C1. The molecular weight excluding hydrogens is 270 g/mol. The highest BCUT2D eigenvalue weighted by Gasteiger charge is 2.40. The van der Waals surface area contributed by atoms with Crippen LogP contribution in [0.3, 0.4) is 0 Å². The van der Waals surface area contributed by atoms with E-state index in [1.165, 1.54) is 5.56 Å². The highest BCUT2D eigenvalue weighted by Crippen LogP contribution is 2.39. The molecule has 2 aromatic carbocycles. The van der Waals surface area contributed by atoms with Gasteiger partial charge in [-0.1, -0.05) is 30.3 Å². The van der Waals surface area contributed by atoms with E-state index in [-0.39, 0.29) is 0 Å². The van der Waals surface area contributed by atoms with E-state index in [1.807, 2.05) is 12.3 Å². The molecule has 4 rings (SSSR count). The molecule has 1 atom stereocenters. The van der Waals surface area contributed by atoms with Gasteiger partial charge in [-0.05, 0) is 47.3 Å². The molecule has 1 aliphatic heterocycles. The maximum absolute atomic E-state index is 10.1. The van der Waals surface area contributed by atoms with Gasteiger partial charge in [0.1, 0.15) is 5.41 Å². The molecule has 0 radical (unpaired) electrons. The van der Waals surface area contributed by atoms with Crippen LogP contribution in [0.25, 0.3) is 10.9 Å². The van der Waals surface area contributed by atoms with Crippen LogP contribution in [0.2, 0.25) is 0 Å². The van der Waals surface area contributed by atoms with Crippen LogP contribution in [-0.2, 0) is 12.0 Å². The molecule has 3 heteroatoms. The molecule has 0 bridgehead atoms. The number of rotatable bonds is 1. The van der Waals surface area contributed by atoms with Crippen LogP contribution >= 0.6 is 0 Å². The number of aromatic amines is 1. The predicted molar refractivity (Wildman–Crippen MR) is 87.5 cm³/mol. The van der Waals surface area contributed by atoms with Gasteiger partial charge >= 0.3 is 0 Å². The Morgan fingerprint density at radius 2 is 2.05 bits per heavy atom. The number of nitrogens with zero attached hydrogens (tertiary/aromatic N) is 2. The number of nitriles is 1. The number of fused-ring (bicyclic) bond motifs is 2. The maximum atomic E-state index is 10.1. The summed E-state index contributed by atoms with van der Waals surface area (Å²) in [6.45, 7) is 1.61. The van der Waals surface area contributed by atoms with Gasteiger partial charge in [0.25, 0.3) is 0 Å². The monoisotopic (exact) mass is 287 g/mol. The third-order valence-corrected chi connectivity index (χ3v) is 4.66. The molecule has 0 saturated carbocycles. The molecule has 1 aromatic heterocycles. The fraction of sp³-hybridized carbons (Fsp3) is 0.211. The molecule has 0 aliphatic carbocycles. The summed E-state index contributed by atoms with van der Waals surface area (Å²) in [4.78, 5) is 5.44. The van der Waals surface area contributed by atoms with E-state index in [9.17, 15) is 5.26 Å². The quantitative estimate of drug-likeness (QED) is 0.745. The number of likely N-dealkylation sites (N-methyl/N-ethyl adjacent to an activating group) is 1. The lowest BCUT2D eigenvalue weighted by Gasteiger charge is -2.38. The topological polar surface area (TPSA) is 42.8 Å². The molecule has 0 spiro atoms. The molecule has 22 heavy (non-hydrogen) atoms. The van der Waals surface area contributed by atoms with Gasteiger partial charge in [0, 0.05) is 24.8 Å². The molecule has 108 valence electrons. The summed E-state index contributed by atoms with van der Waals surface area (Å²) < 4.78 is 0. The molecule has 0 amide bonds. The second-order valence-corrected chi connectivity index (χ2v) is 6.13. The van der Waals surface area contributed by atoms with Crippen LogP contribution in [0.15, 0.2) is 54.7 Å². The number of aromatic nitrogens is 1. The number of benzene rings is 2. The van der Waals surface area contributed by atoms with Crippen LogP contribution < -0.4 is 0 Å². The molecule has 0 fully saturated rings. The maximum Gasteiger partial charge on any atom is 0.120 e. The van der Waals surface area contributed by atoms with Crippen LogP contribution in [0.1, 0.15) is 16.7 Å². The van der Waals surface area contributed by atoms with E-state index in [2.05, 4.69) is 65.5 Å². The number of H-pyrrole nitrogens is 1. The van der Waals surface area contributed by atoms with Gasteiger partial charge in [-0.25, -0.2) is 0 Å². The van der Waals surface area contributed by atoms with Crippen molar-refractivity contribution in [3.63, 3.8) is 0 Å². The second kappa shape index (κ2) is 4.72. The fourth-order valence-electron chi connectivity index (χ4n) is 3.64. The Bertz CT molecular complexity index is 887.